The predicted molar refractivity (Wildman–Crippen MR) is 108 cm³/mol. The van der Waals surface area contributed by atoms with E-state index in [1.165, 1.54) is 17.2 Å². The lowest BCUT2D eigenvalue weighted by atomic mass is 10.1. The molecule has 0 aliphatic carbocycles. The van der Waals surface area contributed by atoms with Crippen molar-refractivity contribution >= 4 is 11.9 Å². The van der Waals surface area contributed by atoms with Crippen LogP contribution in [0.3, 0.4) is 0 Å². The number of aromatic nitrogens is 5. The number of anilines is 1. The zero-order chi connectivity index (χ0) is 22.6. The highest BCUT2D eigenvalue weighted by Crippen LogP contribution is 2.28. The smallest absolute Gasteiger partial charge is 0.352 e. The summed E-state index contributed by atoms with van der Waals surface area (Å²) in [5, 5.41) is 11.1. The van der Waals surface area contributed by atoms with Crippen LogP contribution >= 0.6 is 0 Å². The summed E-state index contributed by atoms with van der Waals surface area (Å²) in [6.07, 6.45) is 0.0127. The largest absolute Gasteiger partial charge is 0.419 e. The third kappa shape index (κ3) is 5.16. The molecule has 3 rings (SSSR count). The molecule has 1 amide bonds. The molecule has 0 radical (unpaired) electrons. The van der Waals surface area contributed by atoms with Gasteiger partial charge in [0, 0.05) is 31.5 Å². The number of benzene rings is 1. The van der Waals surface area contributed by atoms with Crippen LogP contribution in [0.15, 0.2) is 43.0 Å². The lowest BCUT2D eigenvalue weighted by Gasteiger charge is -2.29. The molecule has 2 aromatic heterocycles. The molecule has 1 N–H and O–H groups in total. The van der Waals surface area contributed by atoms with Crippen LogP contribution in [-0.2, 0) is 6.18 Å². The lowest BCUT2D eigenvalue weighted by molar-refractivity contribution is -0.138. The summed E-state index contributed by atoms with van der Waals surface area (Å²) in [7, 11) is 0. The van der Waals surface area contributed by atoms with Gasteiger partial charge in [-0.25, -0.2) is 9.97 Å². The van der Waals surface area contributed by atoms with Crippen LogP contribution in [0.2, 0.25) is 0 Å². The van der Waals surface area contributed by atoms with Gasteiger partial charge < -0.3 is 10.2 Å². The number of rotatable bonds is 7. The first-order chi connectivity index (χ1) is 14.7. The van der Waals surface area contributed by atoms with E-state index in [1.54, 1.807) is 11.0 Å². The Kier molecular flexibility index (Phi) is 6.52. The summed E-state index contributed by atoms with van der Waals surface area (Å²) in [4.78, 5) is 23.7. The van der Waals surface area contributed by atoms with Crippen molar-refractivity contribution in [1.82, 2.24) is 29.9 Å². The minimum absolute atomic E-state index is 0.0557. The SMILES string of the molecule is CCN(C(=O)c1ccc(C)cc1-n1nccn1)[C@@H](C)CNc1ncc(C(F)(F)F)cn1. The van der Waals surface area contributed by atoms with Crippen molar-refractivity contribution in [1.29, 1.82) is 0 Å². The van der Waals surface area contributed by atoms with Gasteiger partial charge in [-0.3, -0.25) is 4.79 Å². The quantitative estimate of drug-likeness (QED) is 0.615. The number of nitrogens with one attached hydrogen (secondary N) is 1. The monoisotopic (exact) mass is 433 g/mol. The molecule has 2 heterocycles. The Bertz CT molecular complexity index is 1020. The van der Waals surface area contributed by atoms with Crippen LogP contribution in [0, 0.1) is 6.92 Å². The zero-order valence-corrected chi connectivity index (χ0v) is 17.3. The highest BCUT2D eigenvalue weighted by Gasteiger charge is 2.31. The topological polar surface area (TPSA) is 88.8 Å². The minimum atomic E-state index is -4.49. The van der Waals surface area contributed by atoms with Crippen molar-refractivity contribution in [3.8, 4) is 5.69 Å². The second-order valence-corrected chi connectivity index (χ2v) is 6.95. The lowest BCUT2D eigenvalue weighted by Crippen LogP contribution is -2.42. The average Bonchev–Trinajstić information content (AvgIpc) is 3.27. The number of hydrogen-bond acceptors (Lipinski definition) is 6. The van der Waals surface area contributed by atoms with Gasteiger partial charge in [0.1, 0.15) is 0 Å². The fraction of sp³-hybridized carbons (Fsp3) is 0.350. The molecule has 0 bridgehead atoms. The molecule has 0 saturated carbocycles. The van der Waals surface area contributed by atoms with Crippen molar-refractivity contribution in [3.05, 3.63) is 59.7 Å². The third-order valence-electron chi connectivity index (χ3n) is 4.69. The number of carbonyl (C=O) groups is 1. The highest BCUT2D eigenvalue weighted by molar-refractivity contribution is 5.98. The van der Waals surface area contributed by atoms with E-state index in [0.717, 1.165) is 18.0 Å². The van der Waals surface area contributed by atoms with Crippen LogP contribution in [-0.4, -0.2) is 54.9 Å². The molecule has 1 aromatic carbocycles. The van der Waals surface area contributed by atoms with E-state index >= 15 is 0 Å². The van der Waals surface area contributed by atoms with E-state index in [4.69, 9.17) is 0 Å². The van der Waals surface area contributed by atoms with Gasteiger partial charge in [0.2, 0.25) is 5.95 Å². The van der Waals surface area contributed by atoms with Gasteiger partial charge in [-0.05, 0) is 38.5 Å². The molecule has 0 aliphatic rings. The fourth-order valence-corrected chi connectivity index (χ4v) is 3.05. The van der Waals surface area contributed by atoms with Crippen molar-refractivity contribution in [3.63, 3.8) is 0 Å². The first kappa shape index (κ1) is 22.2. The molecule has 0 aliphatic heterocycles. The molecule has 11 heteroatoms. The number of hydrogen-bond donors (Lipinski definition) is 1. The zero-order valence-electron chi connectivity index (χ0n) is 17.3. The van der Waals surface area contributed by atoms with E-state index in [2.05, 4.69) is 25.5 Å². The van der Waals surface area contributed by atoms with Crippen LogP contribution < -0.4 is 5.32 Å². The molecule has 0 fully saturated rings. The molecule has 31 heavy (non-hydrogen) atoms. The molecule has 0 spiro atoms. The van der Waals surface area contributed by atoms with Crippen molar-refractivity contribution < 1.29 is 18.0 Å². The van der Waals surface area contributed by atoms with E-state index in [-0.39, 0.29) is 24.4 Å². The molecular weight excluding hydrogens is 411 g/mol. The maximum absolute atomic E-state index is 13.3. The van der Waals surface area contributed by atoms with E-state index < -0.39 is 11.7 Å². The summed E-state index contributed by atoms with van der Waals surface area (Å²) in [6, 6.07) is 5.12. The Labute approximate surface area is 177 Å². The van der Waals surface area contributed by atoms with Gasteiger partial charge in [-0.15, -0.1) is 0 Å². The summed E-state index contributed by atoms with van der Waals surface area (Å²) in [5.74, 6) is -0.155. The number of carbonyl (C=O) groups excluding carboxylic acids is 1. The van der Waals surface area contributed by atoms with Gasteiger partial charge in [0.05, 0.1) is 29.2 Å². The standard InChI is InChI=1S/C20H22F3N7O/c1-4-29(14(3)10-24-19-25-11-15(12-26-19)20(21,22)23)18(31)16-6-5-13(2)9-17(16)30-27-7-8-28-30/h5-9,11-12,14H,4,10H2,1-3H3,(H,24,25,26)/t14-/m0/s1. The fourth-order valence-electron chi connectivity index (χ4n) is 3.05. The normalized spacial score (nSPS) is 12.5. The maximum atomic E-state index is 13.3. The number of aryl methyl sites for hydroxylation is 1. The minimum Gasteiger partial charge on any atom is -0.352 e. The summed E-state index contributed by atoms with van der Waals surface area (Å²) in [5.41, 5.74) is 1.05. The first-order valence-electron chi connectivity index (χ1n) is 9.62. The van der Waals surface area contributed by atoms with Crippen LogP contribution in [0.1, 0.15) is 35.3 Å². The number of likely N-dealkylation sites (N-methyl/N-ethyl adjacent to an activating group) is 1. The summed E-state index contributed by atoms with van der Waals surface area (Å²) >= 11 is 0. The first-order valence-corrected chi connectivity index (χ1v) is 9.62. The highest BCUT2D eigenvalue weighted by atomic mass is 19.4. The Balaban J connectivity index is 1.74. The molecule has 3 aromatic rings. The Morgan fingerprint density at radius 2 is 1.84 bits per heavy atom. The summed E-state index contributed by atoms with van der Waals surface area (Å²) in [6.45, 7) is 6.28. The van der Waals surface area contributed by atoms with Crippen LogP contribution in [0.5, 0.6) is 0 Å². The third-order valence-corrected chi connectivity index (χ3v) is 4.69. The average molecular weight is 433 g/mol. The van der Waals surface area contributed by atoms with Crippen molar-refractivity contribution in [2.75, 3.05) is 18.4 Å². The van der Waals surface area contributed by atoms with Crippen molar-refractivity contribution in [2.45, 2.75) is 33.0 Å². The Morgan fingerprint density at radius 3 is 2.42 bits per heavy atom. The number of amides is 1. The molecule has 0 saturated heterocycles. The van der Waals surface area contributed by atoms with Gasteiger partial charge in [-0.2, -0.15) is 28.2 Å². The molecule has 0 unspecified atom stereocenters. The molecule has 1 atom stereocenters. The van der Waals surface area contributed by atoms with Crippen molar-refractivity contribution in [2.24, 2.45) is 0 Å². The molecule has 164 valence electrons. The predicted octanol–water partition coefficient (Wildman–Crippen LogP) is 3.35. The number of halogens is 3. The number of nitrogens with zero attached hydrogens (tertiary/aromatic N) is 6. The summed E-state index contributed by atoms with van der Waals surface area (Å²) < 4.78 is 37.9. The molecular formula is C20H22F3N7O. The van der Waals surface area contributed by atoms with Gasteiger partial charge in [0.15, 0.2) is 0 Å². The second kappa shape index (κ2) is 9.11. The second-order valence-electron chi connectivity index (χ2n) is 6.95. The van der Waals surface area contributed by atoms with Gasteiger partial charge in [0.25, 0.3) is 5.91 Å². The Hall–Kier alpha value is -3.50. The molecule has 8 nitrogen and oxygen atoms in total. The van der Waals surface area contributed by atoms with Gasteiger partial charge in [-0.1, -0.05) is 6.07 Å². The van der Waals surface area contributed by atoms with Crippen LogP contribution in [0.4, 0.5) is 19.1 Å². The van der Waals surface area contributed by atoms with E-state index in [9.17, 15) is 18.0 Å². The van der Waals surface area contributed by atoms with E-state index in [1.807, 2.05) is 32.9 Å². The maximum Gasteiger partial charge on any atom is 0.419 e. The van der Waals surface area contributed by atoms with E-state index in [0.29, 0.717) is 17.8 Å². The Morgan fingerprint density at radius 1 is 1.19 bits per heavy atom. The van der Waals surface area contributed by atoms with Gasteiger partial charge >= 0.3 is 6.18 Å². The van der Waals surface area contributed by atoms with Crippen LogP contribution in [0.25, 0.3) is 5.69 Å². The number of alkyl halides is 3.